The summed E-state index contributed by atoms with van der Waals surface area (Å²) in [7, 11) is 1.61. The molecule has 1 unspecified atom stereocenters. The summed E-state index contributed by atoms with van der Waals surface area (Å²) in [6, 6.07) is 7.54. The van der Waals surface area contributed by atoms with E-state index in [1.807, 2.05) is 24.3 Å². The summed E-state index contributed by atoms with van der Waals surface area (Å²) in [6.45, 7) is 0.680. The van der Waals surface area contributed by atoms with Crippen molar-refractivity contribution >= 4 is 5.69 Å². The molecular weight excluding hydrogens is 180 g/mol. The number of benzene rings is 1. The fourth-order valence-electron chi connectivity index (χ4n) is 1.10. The molecule has 1 aromatic carbocycles. The second-order valence-electron chi connectivity index (χ2n) is 2.97. The maximum Gasteiger partial charge on any atom is 0.141 e. The van der Waals surface area contributed by atoms with E-state index in [2.05, 4.69) is 5.32 Å². The normalized spacial score (nSPS) is 12.2. The number of hydrogen-bond acceptors (Lipinski definition) is 4. The van der Waals surface area contributed by atoms with Gasteiger partial charge in [0, 0.05) is 13.1 Å². The van der Waals surface area contributed by atoms with Gasteiger partial charge in [0.1, 0.15) is 5.75 Å². The van der Waals surface area contributed by atoms with Gasteiger partial charge in [0.25, 0.3) is 0 Å². The SMILES string of the molecule is COc1ccccc1NCC(O)CN. The van der Waals surface area contributed by atoms with Crippen molar-refractivity contribution in [3.8, 4) is 5.75 Å². The number of nitrogens with one attached hydrogen (secondary N) is 1. The van der Waals surface area contributed by atoms with Crippen LogP contribution in [0.15, 0.2) is 24.3 Å². The number of methoxy groups -OCH3 is 1. The Hall–Kier alpha value is -1.26. The van der Waals surface area contributed by atoms with Crippen LogP contribution in [0.5, 0.6) is 5.75 Å². The number of rotatable bonds is 5. The zero-order valence-electron chi connectivity index (χ0n) is 8.23. The molecule has 4 heteroatoms. The van der Waals surface area contributed by atoms with Gasteiger partial charge in [-0.15, -0.1) is 0 Å². The molecule has 0 saturated carbocycles. The predicted octanol–water partition coefficient (Wildman–Crippen LogP) is 0.427. The van der Waals surface area contributed by atoms with E-state index >= 15 is 0 Å². The Balaban J connectivity index is 2.57. The molecule has 0 aliphatic rings. The number of hydrogen-bond donors (Lipinski definition) is 3. The fraction of sp³-hybridized carbons (Fsp3) is 0.400. The molecule has 0 radical (unpaired) electrons. The molecule has 0 aromatic heterocycles. The van der Waals surface area contributed by atoms with Crippen LogP contribution in [0.4, 0.5) is 5.69 Å². The second-order valence-corrected chi connectivity index (χ2v) is 2.97. The van der Waals surface area contributed by atoms with Gasteiger partial charge in [-0.05, 0) is 12.1 Å². The summed E-state index contributed by atoms with van der Waals surface area (Å²) in [5.74, 6) is 0.761. The molecule has 0 saturated heterocycles. The van der Waals surface area contributed by atoms with Gasteiger partial charge in [-0.1, -0.05) is 12.1 Å². The molecule has 0 heterocycles. The number of para-hydroxylation sites is 2. The quantitative estimate of drug-likeness (QED) is 0.638. The Labute approximate surface area is 83.7 Å². The monoisotopic (exact) mass is 196 g/mol. The van der Waals surface area contributed by atoms with Crippen LogP contribution in [0.2, 0.25) is 0 Å². The molecule has 0 spiro atoms. The topological polar surface area (TPSA) is 67.5 Å². The van der Waals surface area contributed by atoms with Crippen molar-refractivity contribution in [2.75, 3.05) is 25.5 Å². The Morgan fingerprint density at radius 3 is 2.86 bits per heavy atom. The zero-order chi connectivity index (χ0) is 10.4. The van der Waals surface area contributed by atoms with Crippen molar-refractivity contribution < 1.29 is 9.84 Å². The lowest BCUT2D eigenvalue weighted by molar-refractivity contribution is 0.196. The first-order chi connectivity index (χ1) is 6.77. The van der Waals surface area contributed by atoms with Crippen LogP contribution < -0.4 is 15.8 Å². The largest absolute Gasteiger partial charge is 0.495 e. The van der Waals surface area contributed by atoms with Crippen molar-refractivity contribution in [1.82, 2.24) is 0 Å². The minimum atomic E-state index is -0.528. The van der Waals surface area contributed by atoms with Gasteiger partial charge in [-0.2, -0.15) is 0 Å². The van der Waals surface area contributed by atoms with Crippen LogP contribution in [0, 0.1) is 0 Å². The molecule has 1 atom stereocenters. The van der Waals surface area contributed by atoms with E-state index in [9.17, 15) is 5.11 Å². The molecule has 0 amide bonds. The van der Waals surface area contributed by atoms with E-state index in [-0.39, 0.29) is 6.54 Å². The number of ether oxygens (including phenoxy) is 1. The highest BCUT2D eigenvalue weighted by molar-refractivity contribution is 5.56. The third-order valence-electron chi connectivity index (χ3n) is 1.91. The van der Waals surface area contributed by atoms with Crippen molar-refractivity contribution in [3.05, 3.63) is 24.3 Å². The van der Waals surface area contributed by atoms with Crippen molar-refractivity contribution in [3.63, 3.8) is 0 Å². The lowest BCUT2D eigenvalue weighted by atomic mass is 10.2. The Morgan fingerprint density at radius 2 is 2.21 bits per heavy atom. The molecule has 1 rings (SSSR count). The first-order valence-corrected chi connectivity index (χ1v) is 4.53. The van der Waals surface area contributed by atoms with Crippen molar-refractivity contribution in [2.24, 2.45) is 5.73 Å². The van der Waals surface area contributed by atoms with Gasteiger partial charge in [0.05, 0.1) is 18.9 Å². The Morgan fingerprint density at radius 1 is 1.50 bits per heavy atom. The molecule has 0 aliphatic heterocycles. The smallest absolute Gasteiger partial charge is 0.141 e. The second kappa shape index (κ2) is 5.47. The van der Waals surface area contributed by atoms with E-state index in [0.717, 1.165) is 11.4 Å². The predicted molar refractivity (Wildman–Crippen MR) is 56.5 cm³/mol. The highest BCUT2D eigenvalue weighted by Crippen LogP contribution is 2.22. The molecule has 4 nitrogen and oxygen atoms in total. The van der Waals surface area contributed by atoms with Gasteiger partial charge in [-0.3, -0.25) is 0 Å². The number of anilines is 1. The van der Waals surface area contributed by atoms with Crippen LogP contribution in [0.25, 0.3) is 0 Å². The minimum Gasteiger partial charge on any atom is -0.495 e. The third-order valence-corrected chi connectivity index (χ3v) is 1.91. The van der Waals surface area contributed by atoms with Gasteiger partial charge in [0.2, 0.25) is 0 Å². The van der Waals surface area contributed by atoms with E-state index in [0.29, 0.717) is 6.54 Å². The molecule has 14 heavy (non-hydrogen) atoms. The van der Waals surface area contributed by atoms with Gasteiger partial charge < -0.3 is 20.9 Å². The summed E-state index contributed by atoms with van der Waals surface area (Å²) in [6.07, 6.45) is -0.528. The van der Waals surface area contributed by atoms with Crippen LogP contribution in [-0.2, 0) is 0 Å². The van der Waals surface area contributed by atoms with Crippen LogP contribution in [-0.4, -0.2) is 31.4 Å². The summed E-state index contributed by atoms with van der Waals surface area (Å²) in [5.41, 5.74) is 6.15. The summed E-state index contributed by atoms with van der Waals surface area (Å²) >= 11 is 0. The molecule has 4 N–H and O–H groups in total. The van der Waals surface area contributed by atoms with E-state index in [1.54, 1.807) is 7.11 Å². The summed E-state index contributed by atoms with van der Waals surface area (Å²) in [4.78, 5) is 0. The van der Waals surface area contributed by atoms with E-state index < -0.39 is 6.10 Å². The number of aliphatic hydroxyl groups is 1. The lowest BCUT2D eigenvalue weighted by Crippen LogP contribution is -2.27. The number of nitrogens with two attached hydrogens (primary N) is 1. The average molecular weight is 196 g/mol. The standard InChI is InChI=1S/C10H16N2O2/c1-14-10-5-3-2-4-9(10)12-7-8(13)6-11/h2-5,8,12-13H,6-7,11H2,1H3. The average Bonchev–Trinajstić information content (AvgIpc) is 2.26. The van der Waals surface area contributed by atoms with Crippen molar-refractivity contribution in [1.29, 1.82) is 0 Å². The van der Waals surface area contributed by atoms with E-state index in [4.69, 9.17) is 10.5 Å². The third kappa shape index (κ3) is 2.90. The fourth-order valence-corrected chi connectivity index (χ4v) is 1.10. The minimum absolute atomic E-state index is 0.252. The van der Waals surface area contributed by atoms with Crippen LogP contribution in [0.3, 0.4) is 0 Å². The maximum atomic E-state index is 9.25. The van der Waals surface area contributed by atoms with E-state index in [1.165, 1.54) is 0 Å². The lowest BCUT2D eigenvalue weighted by Gasteiger charge is -2.13. The first-order valence-electron chi connectivity index (χ1n) is 4.53. The Bertz CT molecular complexity index is 279. The highest BCUT2D eigenvalue weighted by atomic mass is 16.5. The van der Waals surface area contributed by atoms with Crippen molar-refractivity contribution in [2.45, 2.75) is 6.10 Å². The molecule has 78 valence electrons. The van der Waals surface area contributed by atoms with Gasteiger partial charge in [-0.25, -0.2) is 0 Å². The summed E-state index contributed by atoms with van der Waals surface area (Å²) in [5, 5.41) is 12.3. The van der Waals surface area contributed by atoms with Gasteiger partial charge in [0.15, 0.2) is 0 Å². The molecule has 1 aromatic rings. The molecule has 0 aliphatic carbocycles. The highest BCUT2D eigenvalue weighted by Gasteiger charge is 2.03. The molecule has 0 fully saturated rings. The Kier molecular flexibility index (Phi) is 4.22. The molecular formula is C10H16N2O2. The van der Waals surface area contributed by atoms with Gasteiger partial charge >= 0.3 is 0 Å². The first kappa shape index (κ1) is 10.8. The molecule has 0 bridgehead atoms. The zero-order valence-corrected chi connectivity index (χ0v) is 8.23. The van der Waals surface area contributed by atoms with Crippen LogP contribution in [0.1, 0.15) is 0 Å². The number of aliphatic hydroxyl groups excluding tert-OH is 1. The summed E-state index contributed by atoms with van der Waals surface area (Å²) < 4.78 is 5.14. The van der Waals surface area contributed by atoms with Crippen LogP contribution >= 0.6 is 0 Å². The maximum absolute atomic E-state index is 9.25.